The van der Waals surface area contributed by atoms with Crippen molar-refractivity contribution in [2.45, 2.75) is 27.7 Å². The van der Waals surface area contributed by atoms with Gasteiger partial charge in [0.25, 0.3) is 0 Å². The average molecular weight is 325 g/mol. The van der Waals surface area contributed by atoms with E-state index in [1.807, 2.05) is 13.0 Å². The molecule has 2 aromatic rings. The van der Waals surface area contributed by atoms with Gasteiger partial charge < -0.3 is 15.1 Å². The minimum atomic E-state index is 0.832. The number of benzene rings is 1. The number of aromatic nitrogens is 2. The summed E-state index contributed by atoms with van der Waals surface area (Å²) in [6.45, 7) is 13.7. The summed E-state index contributed by atoms with van der Waals surface area (Å²) in [4.78, 5) is 14.2. The van der Waals surface area contributed by atoms with Crippen LogP contribution in [-0.2, 0) is 0 Å². The SMILES string of the molecule is CCN1CCN(c2nc(C)cc(Nc3cccc(C)c3C)n2)CC1. The van der Waals surface area contributed by atoms with E-state index in [1.165, 1.54) is 11.1 Å². The molecule has 1 N–H and O–H groups in total. The summed E-state index contributed by atoms with van der Waals surface area (Å²) in [5, 5.41) is 3.47. The molecule has 0 radical (unpaired) electrons. The van der Waals surface area contributed by atoms with Crippen LogP contribution in [-0.4, -0.2) is 47.6 Å². The summed E-state index contributed by atoms with van der Waals surface area (Å²) in [6.07, 6.45) is 0. The Morgan fingerprint density at radius 2 is 1.79 bits per heavy atom. The van der Waals surface area contributed by atoms with Crippen LogP contribution in [0.25, 0.3) is 0 Å². The zero-order valence-electron chi connectivity index (χ0n) is 15.1. The summed E-state index contributed by atoms with van der Waals surface area (Å²) in [7, 11) is 0. The van der Waals surface area contributed by atoms with Crippen LogP contribution < -0.4 is 10.2 Å². The van der Waals surface area contributed by atoms with Crippen molar-refractivity contribution in [3.05, 3.63) is 41.1 Å². The van der Waals surface area contributed by atoms with Crippen molar-refractivity contribution in [1.82, 2.24) is 14.9 Å². The third-order valence-corrected chi connectivity index (χ3v) is 4.81. The van der Waals surface area contributed by atoms with Gasteiger partial charge in [-0.25, -0.2) is 4.98 Å². The first-order valence-corrected chi connectivity index (χ1v) is 8.73. The molecule has 1 aliphatic rings. The highest BCUT2D eigenvalue weighted by atomic mass is 15.3. The predicted molar refractivity (Wildman–Crippen MR) is 100 cm³/mol. The zero-order valence-corrected chi connectivity index (χ0v) is 15.1. The molecule has 1 aliphatic heterocycles. The van der Waals surface area contributed by atoms with Crippen LogP contribution in [0.2, 0.25) is 0 Å². The van der Waals surface area contributed by atoms with Crippen LogP contribution in [0.3, 0.4) is 0 Å². The number of aryl methyl sites for hydroxylation is 2. The molecule has 2 heterocycles. The number of nitrogens with zero attached hydrogens (tertiary/aromatic N) is 4. The molecule has 1 aromatic carbocycles. The third-order valence-electron chi connectivity index (χ3n) is 4.81. The van der Waals surface area contributed by atoms with Gasteiger partial charge >= 0.3 is 0 Å². The molecular weight excluding hydrogens is 298 g/mol. The van der Waals surface area contributed by atoms with Crippen molar-refractivity contribution in [3.63, 3.8) is 0 Å². The minimum Gasteiger partial charge on any atom is -0.340 e. The first-order chi connectivity index (χ1) is 11.6. The quantitative estimate of drug-likeness (QED) is 0.934. The van der Waals surface area contributed by atoms with E-state index in [0.717, 1.165) is 55.9 Å². The Morgan fingerprint density at radius 1 is 1.04 bits per heavy atom. The van der Waals surface area contributed by atoms with Crippen LogP contribution in [0.15, 0.2) is 24.3 Å². The summed E-state index contributed by atoms with van der Waals surface area (Å²) in [5.74, 6) is 1.70. The first-order valence-electron chi connectivity index (χ1n) is 8.73. The van der Waals surface area contributed by atoms with E-state index in [0.29, 0.717) is 0 Å². The molecule has 5 heteroatoms. The van der Waals surface area contributed by atoms with E-state index < -0.39 is 0 Å². The summed E-state index contributed by atoms with van der Waals surface area (Å²) in [6, 6.07) is 8.31. The molecule has 0 bridgehead atoms. The number of piperazine rings is 1. The first kappa shape index (κ1) is 16.7. The van der Waals surface area contributed by atoms with E-state index >= 15 is 0 Å². The largest absolute Gasteiger partial charge is 0.340 e. The van der Waals surface area contributed by atoms with Gasteiger partial charge in [0, 0.05) is 43.6 Å². The lowest BCUT2D eigenvalue weighted by molar-refractivity contribution is 0.270. The molecule has 0 amide bonds. The molecule has 0 unspecified atom stereocenters. The van der Waals surface area contributed by atoms with Crippen molar-refractivity contribution in [2.75, 3.05) is 42.9 Å². The van der Waals surface area contributed by atoms with Crippen molar-refractivity contribution in [2.24, 2.45) is 0 Å². The Balaban J connectivity index is 1.80. The lowest BCUT2D eigenvalue weighted by atomic mass is 10.1. The second-order valence-corrected chi connectivity index (χ2v) is 6.49. The number of nitrogens with one attached hydrogen (secondary N) is 1. The highest BCUT2D eigenvalue weighted by Gasteiger charge is 2.18. The maximum atomic E-state index is 4.76. The van der Waals surface area contributed by atoms with Crippen molar-refractivity contribution in [1.29, 1.82) is 0 Å². The molecule has 1 fully saturated rings. The van der Waals surface area contributed by atoms with Crippen molar-refractivity contribution < 1.29 is 0 Å². The van der Waals surface area contributed by atoms with Crippen LogP contribution in [0.4, 0.5) is 17.5 Å². The fraction of sp³-hybridized carbons (Fsp3) is 0.474. The molecule has 0 aliphatic carbocycles. The van der Waals surface area contributed by atoms with Crippen LogP contribution in [0.5, 0.6) is 0 Å². The molecule has 0 spiro atoms. The van der Waals surface area contributed by atoms with Gasteiger partial charge in [-0.1, -0.05) is 19.1 Å². The monoisotopic (exact) mass is 325 g/mol. The number of anilines is 3. The van der Waals surface area contributed by atoms with E-state index in [9.17, 15) is 0 Å². The van der Waals surface area contributed by atoms with Gasteiger partial charge in [-0.15, -0.1) is 0 Å². The van der Waals surface area contributed by atoms with Gasteiger partial charge in [-0.2, -0.15) is 4.98 Å². The molecule has 0 saturated carbocycles. The van der Waals surface area contributed by atoms with Gasteiger partial charge in [-0.05, 0) is 44.5 Å². The van der Waals surface area contributed by atoms with E-state index in [1.54, 1.807) is 0 Å². The van der Waals surface area contributed by atoms with Gasteiger partial charge in [0.05, 0.1) is 0 Å². The van der Waals surface area contributed by atoms with E-state index in [-0.39, 0.29) is 0 Å². The van der Waals surface area contributed by atoms with E-state index in [4.69, 9.17) is 4.98 Å². The van der Waals surface area contributed by atoms with Gasteiger partial charge in [-0.3, -0.25) is 0 Å². The molecule has 3 rings (SSSR count). The molecule has 0 atom stereocenters. The maximum absolute atomic E-state index is 4.76. The summed E-state index contributed by atoms with van der Waals surface area (Å²) < 4.78 is 0. The predicted octanol–water partition coefficient (Wildman–Crippen LogP) is 3.29. The molecule has 24 heavy (non-hydrogen) atoms. The molecule has 5 nitrogen and oxygen atoms in total. The van der Waals surface area contributed by atoms with Gasteiger partial charge in [0.15, 0.2) is 0 Å². The standard InChI is InChI=1S/C19H27N5/c1-5-23-9-11-24(12-10-23)19-20-15(3)13-18(22-19)21-17-8-6-7-14(2)16(17)4/h6-8,13H,5,9-12H2,1-4H3,(H,20,21,22). The molecule has 1 saturated heterocycles. The average Bonchev–Trinajstić information content (AvgIpc) is 2.58. The van der Waals surface area contributed by atoms with Crippen molar-refractivity contribution in [3.8, 4) is 0 Å². The molecular formula is C19H27N5. The highest BCUT2D eigenvalue weighted by molar-refractivity contribution is 5.63. The fourth-order valence-electron chi connectivity index (χ4n) is 3.05. The second-order valence-electron chi connectivity index (χ2n) is 6.49. The lowest BCUT2D eigenvalue weighted by Gasteiger charge is -2.34. The third kappa shape index (κ3) is 3.67. The Labute approximate surface area is 144 Å². The number of likely N-dealkylation sites (N-methyl/N-ethyl adjacent to an activating group) is 1. The Bertz CT molecular complexity index is 705. The fourth-order valence-corrected chi connectivity index (χ4v) is 3.05. The Hall–Kier alpha value is -2.14. The molecule has 128 valence electrons. The smallest absolute Gasteiger partial charge is 0.227 e. The number of hydrogen-bond donors (Lipinski definition) is 1. The van der Waals surface area contributed by atoms with Crippen LogP contribution >= 0.6 is 0 Å². The van der Waals surface area contributed by atoms with Crippen LogP contribution in [0, 0.1) is 20.8 Å². The Kier molecular flexibility index (Phi) is 5.00. The summed E-state index contributed by atoms with van der Waals surface area (Å²) >= 11 is 0. The zero-order chi connectivity index (χ0) is 17.1. The topological polar surface area (TPSA) is 44.3 Å². The summed E-state index contributed by atoms with van der Waals surface area (Å²) in [5.41, 5.74) is 4.63. The maximum Gasteiger partial charge on any atom is 0.227 e. The van der Waals surface area contributed by atoms with Gasteiger partial charge in [0.2, 0.25) is 5.95 Å². The van der Waals surface area contributed by atoms with E-state index in [2.05, 4.69) is 59.1 Å². The van der Waals surface area contributed by atoms with Crippen LogP contribution in [0.1, 0.15) is 23.7 Å². The second kappa shape index (κ2) is 7.18. The highest BCUT2D eigenvalue weighted by Crippen LogP contribution is 2.23. The lowest BCUT2D eigenvalue weighted by Crippen LogP contribution is -2.46. The Morgan fingerprint density at radius 3 is 2.50 bits per heavy atom. The minimum absolute atomic E-state index is 0.832. The number of hydrogen-bond acceptors (Lipinski definition) is 5. The number of rotatable bonds is 4. The normalized spacial score (nSPS) is 15.6. The van der Waals surface area contributed by atoms with Gasteiger partial charge in [0.1, 0.15) is 5.82 Å². The molecule has 1 aromatic heterocycles. The van der Waals surface area contributed by atoms with Crippen molar-refractivity contribution >= 4 is 17.5 Å².